The second-order valence-electron chi connectivity index (χ2n) is 4.30. The highest BCUT2D eigenvalue weighted by Gasteiger charge is 2.09. The van der Waals surface area contributed by atoms with Gasteiger partial charge in [0.2, 0.25) is 0 Å². The normalized spacial score (nSPS) is 10.5. The molecule has 0 unspecified atom stereocenters. The van der Waals surface area contributed by atoms with Crippen LogP contribution in [0.5, 0.6) is 0 Å². The first-order chi connectivity index (χ1) is 8.99. The Morgan fingerprint density at radius 3 is 2.84 bits per heavy atom. The standard InChI is InChI=1S/C13H15ClN4O/c1-8-10(7-17-18(8)2)6-16-13(19)9-3-4-11(14)12(15)5-9/h3-5,7H,6,15H2,1-2H3,(H,16,19). The lowest BCUT2D eigenvalue weighted by Crippen LogP contribution is -2.23. The van der Waals surface area contributed by atoms with Crippen LogP contribution in [0.2, 0.25) is 5.02 Å². The fourth-order valence-electron chi connectivity index (χ4n) is 1.68. The number of halogens is 1. The van der Waals surface area contributed by atoms with Crippen molar-refractivity contribution in [2.75, 3.05) is 5.73 Å². The maximum Gasteiger partial charge on any atom is 0.251 e. The Bertz CT molecular complexity index is 621. The van der Waals surface area contributed by atoms with Gasteiger partial charge in [-0.05, 0) is 25.1 Å². The minimum Gasteiger partial charge on any atom is -0.398 e. The molecule has 0 radical (unpaired) electrons. The molecule has 1 heterocycles. The van der Waals surface area contributed by atoms with Crippen molar-refractivity contribution in [1.82, 2.24) is 15.1 Å². The van der Waals surface area contributed by atoms with Crippen molar-refractivity contribution >= 4 is 23.2 Å². The molecule has 0 saturated heterocycles. The van der Waals surface area contributed by atoms with Crippen LogP contribution in [0, 0.1) is 6.92 Å². The summed E-state index contributed by atoms with van der Waals surface area (Å²) in [5.74, 6) is -0.188. The molecule has 3 N–H and O–H groups in total. The number of carbonyl (C=O) groups excluding carboxylic acids is 1. The Morgan fingerprint density at radius 1 is 1.53 bits per heavy atom. The number of nitrogen functional groups attached to an aromatic ring is 1. The van der Waals surface area contributed by atoms with Crippen LogP contribution < -0.4 is 11.1 Å². The molecule has 2 rings (SSSR count). The number of rotatable bonds is 3. The lowest BCUT2D eigenvalue weighted by atomic mass is 10.2. The summed E-state index contributed by atoms with van der Waals surface area (Å²) in [5, 5.41) is 7.39. The van der Waals surface area contributed by atoms with Crippen molar-refractivity contribution in [2.24, 2.45) is 7.05 Å². The number of benzene rings is 1. The minimum atomic E-state index is -0.188. The summed E-state index contributed by atoms with van der Waals surface area (Å²) in [6.07, 6.45) is 1.74. The average molecular weight is 279 g/mol. The van der Waals surface area contributed by atoms with Gasteiger partial charge >= 0.3 is 0 Å². The first kappa shape index (κ1) is 13.4. The van der Waals surface area contributed by atoms with Crippen molar-refractivity contribution < 1.29 is 4.79 Å². The molecule has 0 spiro atoms. The smallest absolute Gasteiger partial charge is 0.251 e. The Morgan fingerprint density at radius 2 is 2.26 bits per heavy atom. The van der Waals surface area contributed by atoms with Crippen LogP contribution in [-0.4, -0.2) is 15.7 Å². The molecule has 0 fully saturated rings. The molecule has 1 amide bonds. The Labute approximate surface area is 116 Å². The molecule has 5 nitrogen and oxygen atoms in total. The molecular formula is C13H15ClN4O. The van der Waals surface area contributed by atoms with E-state index < -0.39 is 0 Å². The van der Waals surface area contributed by atoms with Crippen LogP contribution in [0.25, 0.3) is 0 Å². The van der Waals surface area contributed by atoms with Crippen LogP contribution in [0.3, 0.4) is 0 Å². The van der Waals surface area contributed by atoms with E-state index in [-0.39, 0.29) is 5.91 Å². The summed E-state index contributed by atoms with van der Waals surface area (Å²) in [6.45, 7) is 2.38. The highest BCUT2D eigenvalue weighted by atomic mass is 35.5. The van der Waals surface area contributed by atoms with Crippen molar-refractivity contribution in [3.63, 3.8) is 0 Å². The Hall–Kier alpha value is -2.01. The number of nitrogens with two attached hydrogens (primary N) is 1. The van der Waals surface area contributed by atoms with E-state index in [1.54, 1.807) is 29.1 Å². The quantitative estimate of drug-likeness (QED) is 0.842. The summed E-state index contributed by atoms with van der Waals surface area (Å²) >= 11 is 5.81. The van der Waals surface area contributed by atoms with E-state index in [1.165, 1.54) is 0 Å². The van der Waals surface area contributed by atoms with E-state index >= 15 is 0 Å². The zero-order chi connectivity index (χ0) is 14.0. The van der Waals surface area contributed by atoms with Gasteiger partial charge < -0.3 is 11.1 Å². The SMILES string of the molecule is Cc1c(CNC(=O)c2ccc(Cl)c(N)c2)cnn1C. The number of hydrogen-bond acceptors (Lipinski definition) is 3. The van der Waals surface area contributed by atoms with Crippen molar-refractivity contribution in [1.29, 1.82) is 0 Å². The molecule has 6 heteroatoms. The summed E-state index contributed by atoms with van der Waals surface area (Å²) in [7, 11) is 1.86. The van der Waals surface area contributed by atoms with Crippen molar-refractivity contribution in [3.05, 3.63) is 46.2 Å². The van der Waals surface area contributed by atoms with Gasteiger partial charge in [0.1, 0.15) is 0 Å². The van der Waals surface area contributed by atoms with Gasteiger partial charge in [-0.3, -0.25) is 9.48 Å². The van der Waals surface area contributed by atoms with Gasteiger partial charge in [0.15, 0.2) is 0 Å². The van der Waals surface area contributed by atoms with E-state index in [4.69, 9.17) is 17.3 Å². The maximum absolute atomic E-state index is 12.0. The molecule has 0 atom stereocenters. The first-order valence-electron chi connectivity index (χ1n) is 5.79. The summed E-state index contributed by atoms with van der Waals surface area (Å²) in [6, 6.07) is 4.82. The topological polar surface area (TPSA) is 72.9 Å². The molecule has 0 bridgehead atoms. The van der Waals surface area contributed by atoms with Crippen LogP contribution >= 0.6 is 11.6 Å². The highest BCUT2D eigenvalue weighted by Crippen LogP contribution is 2.19. The molecule has 1 aromatic heterocycles. The van der Waals surface area contributed by atoms with Crippen LogP contribution in [0.1, 0.15) is 21.6 Å². The number of amides is 1. The fourth-order valence-corrected chi connectivity index (χ4v) is 1.80. The number of nitrogens with zero attached hydrogens (tertiary/aromatic N) is 2. The van der Waals surface area contributed by atoms with Gasteiger partial charge in [-0.25, -0.2) is 0 Å². The molecule has 1 aromatic carbocycles. The zero-order valence-electron chi connectivity index (χ0n) is 10.8. The predicted octanol–water partition coefficient (Wildman–Crippen LogP) is 1.89. The monoisotopic (exact) mass is 278 g/mol. The van der Waals surface area contributed by atoms with Crippen LogP contribution in [0.4, 0.5) is 5.69 Å². The van der Waals surface area contributed by atoms with Crippen LogP contribution in [0.15, 0.2) is 24.4 Å². The minimum absolute atomic E-state index is 0.188. The number of anilines is 1. The van der Waals surface area contributed by atoms with E-state index in [9.17, 15) is 4.79 Å². The maximum atomic E-state index is 12.0. The lowest BCUT2D eigenvalue weighted by Gasteiger charge is -2.06. The summed E-state index contributed by atoms with van der Waals surface area (Å²) < 4.78 is 1.77. The van der Waals surface area contributed by atoms with E-state index in [0.717, 1.165) is 11.3 Å². The third-order valence-electron chi connectivity index (χ3n) is 3.03. The van der Waals surface area contributed by atoms with Gasteiger partial charge in [0.05, 0.1) is 16.9 Å². The third-order valence-corrected chi connectivity index (χ3v) is 3.38. The number of aryl methyl sites for hydroxylation is 1. The number of carbonyl (C=O) groups is 1. The fraction of sp³-hybridized carbons (Fsp3) is 0.231. The molecule has 2 aromatic rings. The van der Waals surface area contributed by atoms with Gasteiger partial charge in [0, 0.05) is 30.4 Å². The Kier molecular flexibility index (Phi) is 3.76. The first-order valence-corrected chi connectivity index (χ1v) is 6.17. The van der Waals surface area contributed by atoms with E-state index in [1.807, 2.05) is 14.0 Å². The third kappa shape index (κ3) is 2.88. The lowest BCUT2D eigenvalue weighted by molar-refractivity contribution is 0.0951. The predicted molar refractivity (Wildman–Crippen MR) is 75.0 cm³/mol. The molecule has 0 aliphatic heterocycles. The van der Waals surface area contributed by atoms with Gasteiger partial charge in [-0.15, -0.1) is 0 Å². The van der Waals surface area contributed by atoms with E-state index in [2.05, 4.69) is 10.4 Å². The Balaban J connectivity index is 2.05. The average Bonchev–Trinajstić information content (AvgIpc) is 2.70. The second kappa shape index (κ2) is 5.32. The molecular weight excluding hydrogens is 264 g/mol. The van der Waals surface area contributed by atoms with E-state index in [0.29, 0.717) is 22.8 Å². The van der Waals surface area contributed by atoms with Gasteiger partial charge in [0.25, 0.3) is 5.91 Å². The molecule has 0 aliphatic carbocycles. The highest BCUT2D eigenvalue weighted by molar-refractivity contribution is 6.33. The van der Waals surface area contributed by atoms with Gasteiger partial charge in [-0.1, -0.05) is 11.6 Å². The second-order valence-corrected chi connectivity index (χ2v) is 4.70. The number of hydrogen-bond donors (Lipinski definition) is 2. The summed E-state index contributed by atoms with van der Waals surface area (Å²) in [5.41, 5.74) is 8.56. The molecule has 0 aliphatic rings. The van der Waals surface area contributed by atoms with Crippen molar-refractivity contribution in [2.45, 2.75) is 13.5 Å². The molecule has 19 heavy (non-hydrogen) atoms. The molecule has 100 valence electrons. The zero-order valence-corrected chi connectivity index (χ0v) is 11.5. The number of aromatic nitrogens is 2. The van der Waals surface area contributed by atoms with Crippen molar-refractivity contribution in [3.8, 4) is 0 Å². The molecule has 0 saturated carbocycles. The van der Waals surface area contributed by atoms with Gasteiger partial charge in [-0.2, -0.15) is 5.10 Å². The number of nitrogens with one attached hydrogen (secondary N) is 1. The largest absolute Gasteiger partial charge is 0.398 e. The summed E-state index contributed by atoms with van der Waals surface area (Å²) in [4.78, 5) is 12.0. The van der Waals surface area contributed by atoms with Crippen LogP contribution in [-0.2, 0) is 13.6 Å².